The average molecular weight is 247 g/mol. The van der Waals surface area contributed by atoms with Crippen molar-refractivity contribution in [3.05, 3.63) is 34.3 Å². The van der Waals surface area contributed by atoms with E-state index in [1.807, 2.05) is 24.4 Å². The molecule has 2 aromatic heterocycles. The third-order valence-corrected chi connectivity index (χ3v) is 3.37. The molecule has 0 fully saturated rings. The van der Waals surface area contributed by atoms with E-state index in [1.165, 1.54) is 0 Å². The normalized spacial score (nSPS) is 12.6. The van der Waals surface area contributed by atoms with Crippen LogP contribution >= 0.6 is 11.3 Å². The highest BCUT2D eigenvalue weighted by molar-refractivity contribution is 7.08. The summed E-state index contributed by atoms with van der Waals surface area (Å²) in [4.78, 5) is 9.04. The number of hydrogen-bond acceptors (Lipinski definition) is 4. The molecule has 0 aliphatic carbocycles. The number of aryl methyl sites for hydroxylation is 1. The molecule has 0 bridgehead atoms. The van der Waals surface area contributed by atoms with Crippen molar-refractivity contribution < 1.29 is 0 Å². The zero-order chi connectivity index (χ0) is 12.3. The van der Waals surface area contributed by atoms with Gasteiger partial charge in [-0.05, 0) is 30.9 Å². The van der Waals surface area contributed by atoms with Gasteiger partial charge in [-0.2, -0.15) is 11.3 Å². The summed E-state index contributed by atoms with van der Waals surface area (Å²) in [5.74, 6) is 0.810. The van der Waals surface area contributed by atoms with E-state index in [0.717, 1.165) is 35.6 Å². The fourth-order valence-electron chi connectivity index (χ4n) is 1.67. The first-order chi connectivity index (χ1) is 8.19. The number of nitrogens with two attached hydrogens (primary N) is 1. The summed E-state index contributed by atoms with van der Waals surface area (Å²) in [7, 11) is 0. The van der Waals surface area contributed by atoms with Gasteiger partial charge in [-0.25, -0.2) is 9.97 Å². The molecule has 0 saturated heterocycles. The van der Waals surface area contributed by atoms with Crippen molar-refractivity contribution in [3.63, 3.8) is 0 Å². The molecule has 2 aromatic rings. The Labute approximate surface area is 106 Å². The monoisotopic (exact) mass is 247 g/mol. The van der Waals surface area contributed by atoms with Gasteiger partial charge in [0.2, 0.25) is 0 Å². The minimum absolute atomic E-state index is 0.180. The third-order valence-electron chi connectivity index (χ3n) is 2.68. The second-order valence-electron chi connectivity index (χ2n) is 4.21. The maximum absolute atomic E-state index is 5.97. The molecule has 0 aliphatic rings. The summed E-state index contributed by atoms with van der Waals surface area (Å²) in [5.41, 5.74) is 9.09. The highest BCUT2D eigenvalue weighted by atomic mass is 32.1. The lowest BCUT2D eigenvalue weighted by molar-refractivity contribution is 0.635. The highest BCUT2D eigenvalue weighted by Crippen LogP contribution is 2.19. The maximum atomic E-state index is 5.97. The van der Waals surface area contributed by atoms with E-state index >= 15 is 0 Å². The fourth-order valence-corrected chi connectivity index (χ4v) is 2.31. The van der Waals surface area contributed by atoms with Crippen molar-refractivity contribution in [2.45, 2.75) is 32.7 Å². The number of aromatic nitrogens is 2. The summed E-state index contributed by atoms with van der Waals surface area (Å²) < 4.78 is 0. The predicted octanol–water partition coefficient (Wildman–Crippen LogP) is 2.79. The minimum atomic E-state index is 0.180. The van der Waals surface area contributed by atoms with Crippen LogP contribution < -0.4 is 5.73 Å². The predicted molar refractivity (Wildman–Crippen MR) is 72.1 cm³/mol. The van der Waals surface area contributed by atoms with Crippen LogP contribution in [-0.4, -0.2) is 16.0 Å². The van der Waals surface area contributed by atoms with E-state index in [4.69, 9.17) is 5.73 Å². The van der Waals surface area contributed by atoms with Gasteiger partial charge < -0.3 is 5.73 Å². The molecule has 4 heteroatoms. The Morgan fingerprint density at radius 2 is 2.24 bits per heavy atom. The molecule has 90 valence electrons. The van der Waals surface area contributed by atoms with Gasteiger partial charge in [0.25, 0.3) is 0 Å². The maximum Gasteiger partial charge on any atom is 0.160 e. The lowest BCUT2D eigenvalue weighted by Crippen LogP contribution is -2.22. The lowest BCUT2D eigenvalue weighted by Gasteiger charge is -2.09. The molecule has 2 N–H and O–H groups in total. The largest absolute Gasteiger partial charge is 0.327 e. The van der Waals surface area contributed by atoms with Gasteiger partial charge in [-0.3, -0.25) is 0 Å². The Kier molecular flexibility index (Phi) is 3.86. The summed E-state index contributed by atoms with van der Waals surface area (Å²) in [5, 5.41) is 4.11. The van der Waals surface area contributed by atoms with Crippen LogP contribution in [0, 0.1) is 6.92 Å². The molecule has 1 atom stereocenters. The van der Waals surface area contributed by atoms with Gasteiger partial charge in [-0.1, -0.05) is 6.92 Å². The highest BCUT2D eigenvalue weighted by Gasteiger charge is 2.08. The summed E-state index contributed by atoms with van der Waals surface area (Å²) in [6, 6.07) is 4.24. The van der Waals surface area contributed by atoms with Crippen molar-refractivity contribution in [2.24, 2.45) is 5.73 Å². The summed E-state index contributed by atoms with van der Waals surface area (Å²) in [6.45, 7) is 4.09. The zero-order valence-electron chi connectivity index (χ0n) is 10.2. The third kappa shape index (κ3) is 3.11. The molecule has 0 radical (unpaired) electrons. The van der Waals surface area contributed by atoms with Crippen LogP contribution in [0.3, 0.4) is 0 Å². The van der Waals surface area contributed by atoms with Crippen LogP contribution in [0.15, 0.2) is 22.9 Å². The van der Waals surface area contributed by atoms with Gasteiger partial charge in [0.1, 0.15) is 0 Å². The molecule has 2 heterocycles. The summed E-state index contributed by atoms with van der Waals surface area (Å²) >= 11 is 1.66. The second-order valence-corrected chi connectivity index (χ2v) is 4.99. The van der Waals surface area contributed by atoms with Crippen molar-refractivity contribution in [1.29, 1.82) is 0 Å². The lowest BCUT2D eigenvalue weighted by atomic mass is 10.1. The molecule has 0 amide bonds. The van der Waals surface area contributed by atoms with Crippen LogP contribution in [0.5, 0.6) is 0 Å². The van der Waals surface area contributed by atoms with Crippen molar-refractivity contribution in [3.8, 4) is 11.4 Å². The molecule has 0 aliphatic heterocycles. The minimum Gasteiger partial charge on any atom is -0.327 e. The van der Waals surface area contributed by atoms with Gasteiger partial charge in [0.15, 0.2) is 5.82 Å². The Bertz CT molecular complexity index is 479. The van der Waals surface area contributed by atoms with E-state index < -0.39 is 0 Å². The Morgan fingerprint density at radius 1 is 1.41 bits per heavy atom. The number of hydrogen-bond donors (Lipinski definition) is 1. The topological polar surface area (TPSA) is 51.8 Å². The van der Waals surface area contributed by atoms with Gasteiger partial charge in [0.05, 0.1) is 0 Å². The van der Waals surface area contributed by atoms with Gasteiger partial charge in [0, 0.05) is 34.8 Å². The van der Waals surface area contributed by atoms with Crippen molar-refractivity contribution >= 4 is 11.3 Å². The first-order valence-corrected chi connectivity index (χ1v) is 6.76. The van der Waals surface area contributed by atoms with E-state index in [1.54, 1.807) is 11.3 Å². The zero-order valence-corrected chi connectivity index (χ0v) is 11.0. The first-order valence-electron chi connectivity index (χ1n) is 5.81. The Hall–Kier alpha value is -1.26. The van der Waals surface area contributed by atoms with Crippen molar-refractivity contribution in [2.75, 3.05) is 0 Å². The quantitative estimate of drug-likeness (QED) is 0.904. The standard InChI is InChI=1S/C13H17N3S/c1-3-11(14)7-12-6-9(2)15-13(16-12)10-4-5-17-8-10/h4-6,8,11H,3,7,14H2,1-2H3. The fraction of sp³-hybridized carbons (Fsp3) is 0.385. The van der Waals surface area contributed by atoms with Crippen LogP contribution in [0.1, 0.15) is 24.7 Å². The summed E-state index contributed by atoms with van der Waals surface area (Å²) in [6.07, 6.45) is 1.79. The smallest absolute Gasteiger partial charge is 0.160 e. The van der Waals surface area contributed by atoms with Crippen LogP contribution in [0.2, 0.25) is 0 Å². The molecule has 0 aromatic carbocycles. The Morgan fingerprint density at radius 3 is 2.88 bits per heavy atom. The van der Waals surface area contributed by atoms with Crippen LogP contribution in [-0.2, 0) is 6.42 Å². The number of rotatable bonds is 4. The molecule has 1 unspecified atom stereocenters. The van der Waals surface area contributed by atoms with Gasteiger partial charge >= 0.3 is 0 Å². The molecule has 3 nitrogen and oxygen atoms in total. The molecular formula is C13H17N3S. The van der Waals surface area contributed by atoms with Crippen LogP contribution in [0.25, 0.3) is 11.4 Å². The Balaban J connectivity index is 2.30. The molecule has 17 heavy (non-hydrogen) atoms. The molecule has 0 spiro atoms. The number of thiophene rings is 1. The number of nitrogens with zero attached hydrogens (tertiary/aromatic N) is 2. The molecular weight excluding hydrogens is 230 g/mol. The van der Waals surface area contributed by atoms with Crippen LogP contribution in [0.4, 0.5) is 0 Å². The van der Waals surface area contributed by atoms with Gasteiger partial charge in [-0.15, -0.1) is 0 Å². The molecule has 0 saturated carbocycles. The van der Waals surface area contributed by atoms with E-state index in [9.17, 15) is 0 Å². The SMILES string of the molecule is CCC(N)Cc1cc(C)nc(-c2ccsc2)n1. The second kappa shape index (κ2) is 5.38. The van der Waals surface area contributed by atoms with E-state index in [0.29, 0.717) is 0 Å². The average Bonchev–Trinajstić information content (AvgIpc) is 2.81. The van der Waals surface area contributed by atoms with E-state index in [-0.39, 0.29) is 6.04 Å². The van der Waals surface area contributed by atoms with Crippen molar-refractivity contribution in [1.82, 2.24) is 9.97 Å². The van der Waals surface area contributed by atoms with E-state index in [2.05, 4.69) is 22.3 Å². The first kappa shape index (κ1) is 12.2. The molecule has 2 rings (SSSR count).